The number of morpholine rings is 1. The van der Waals surface area contributed by atoms with E-state index < -0.39 is 23.9 Å². The lowest BCUT2D eigenvalue weighted by Gasteiger charge is -2.27. The number of benzene rings is 3. The molecule has 6 rings (SSSR count). The number of phenolic OH excluding ortho intramolecular Hbond substituents is 1. The number of thiophene rings is 1. The molecule has 2 aliphatic heterocycles. The number of methoxy groups -OCH3 is 1. The second kappa shape index (κ2) is 18.8. The van der Waals surface area contributed by atoms with Crippen molar-refractivity contribution < 1.29 is 54.2 Å². The summed E-state index contributed by atoms with van der Waals surface area (Å²) in [4.78, 5) is 42.7. The Morgan fingerprint density at radius 3 is 1.96 bits per heavy atom. The molecule has 272 valence electrons. The number of ether oxygens (including phenoxy) is 2. The van der Waals surface area contributed by atoms with Gasteiger partial charge in [-0.15, -0.1) is 11.3 Å². The molecule has 51 heavy (non-hydrogen) atoms. The second-order valence-electron chi connectivity index (χ2n) is 12.0. The summed E-state index contributed by atoms with van der Waals surface area (Å²) in [7, 11) is 1.77. The highest BCUT2D eigenvalue weighted by molar-refractivity contribution is 7.22. The zero-order valence-electron chi connectivity index (χ0n) is 28.2. The van der Waals surface area contributed by atoms with Gasteiger partial charge in [0.15, 0.2) is 0 Å². The van der Waals surface area contributed by atoms with Crippen LogP contribution in [0.25, 0.3) is 20.5 Å². The van der Waals surface area contributed by atoms with Gasteiger partial charge in [-0.3, -0.25) is 4.90 Å². The van der Waals surface area contributed by atoms with Gasteiger partial charge in [-0.1, -0.05) is 36.4 Å². The van der Waals surface area contributed by atoms with Gasteiger partial charge in [0.1, 0.15) is 11.5 Å². The van der Waals surface area contributed by atoms with Crippen LogP contribution >= 0.6 is 11.3 Å². The summed E-state index contributed by atoms with van der Waals surface area (Å²) >= 11 is 1.77. The fourth-order valence-corrected chi connectivity index (χ4v) is 7.16. The molecule has 0 amide bonds. The third-order valence-corrected chi connectivity index (χ3v) is 9.75. The number of hydrogen-bond donors (Lipinski definition) is 5. The van der Waals surface area contributed by atoms with Crippen LogP contribution in [0.15, 0.2) is 60.7 Å². The van der Waals surface area contributed by atoms with Crippen molar-refractivity contribution in [2.45, 2.75) is 32.2 Å². The molecule has 3 aromatic carbocycles. The van der Waals surface area contributed by atoms with E-state index in [4.69, 9.17) is 49.1 Å². The zero-order chi connectivity index (χ0) is 36.9. The highest BCUT2D eigenvalue weighted by atomic mass is 32.1. The Labute approximate surface area is 298 Å². The Kier molecular flexibility index (Phi) is 14.3. The molecule has 0 bridgehead atoms. The van der Waals surface area contributed by atoms with Crippen LogP contribution in [-0.4, -0.2) is 112 Å². The molecule has 1 aromatic heterocycles. The van der Waals surface area contributed by atoms with Gasteiger partial charge < -0.3 is 39.9 Å². The van der Waals surface area contributed by atoms with Crippen LogP contribution in [0.5, 0.6) is 11.5 Å². The van der Waals surface area contributed by atoms with E-state index in [0.717, 1.165) is 62.7 Å². The van der Waals surface area contributed by atoms with Gasteiger partial charge >= 0.3 is 23.9 Å². The average Bonchev–Trinajstić information content (AvgIpc) is 3.77. The summed E-state index contributed by atoms with van der Waals surface area (Å²) in [6.07, 6.45) is 4.59. The third kappa shape index (κ3) is 11.5. The van der Waals surface area contributed by atoms with Crippen LogP contribution in [0.1, 0.15) is 35.1 Å². The summed E-state index contributed by atoms with van der Waals surface area (Å²) in [5, 5.41) is 41.0. The minimum absolute atomic E-state index is 0.313. The lowest BCUT2D eigenvalue weighted by atomic mass is 9.97. The second-order valence-corrected chi connectivity index (χ2v) is 13.1. The topological polar surface area (TPSA) is 194 Å². The largest absolute Gasteiger partial charge is 0.508 e. The fraction of sp³-hybridized carbons (Fsp3) is 0.351. The molecule has 0 atom stereocenters. The Morgan fingerprint density at radius 2 is 1.37 bits per heavy atom. The SMILES string of the molecule is COc1cc(Cc2c(-c3ccc(CCN4CCCC4)cc3)sc3cc(O)ccc23)ccc1CN1CCOCC1.O=C(O)C(=O)O.O=C(O)C(=O)O. The number of carboxylic acids is 4. The molecule has 2 aliphatic rings. The number of phenols is 1. The van der Waals surface area contributed by atoms with E-state index in [-0.39, 0.29) is 0 Å². The first-order valence-electron chi connectivity index (χ1n) is 16.4. The quantitative estimate of drug-likeness (QED) is 0.150. The first-order chi connectivity index (χ1) is 24.4. The summed E-state index contributed by atoms with van der Waals surface area (Å²) < 4.78 is 12.5. The van der Waals surface area contributed by atoms with E-state index in [2.05, 4.69) is 58.3 Å². The molecule has 0 unspecified atom stereocenters. The third-order valence-electron chi connectivity index (χ3n) is 8.50. The van der Waals surface area contributed by atoms with E-state index in [0.29, 0.717) is 5.75 Å². The lowest BCUT2D eigenvalue weighted by molar-refractivity contribution is -0.159. The maximum atomic E-state index is 10.2. The number of fused-ring (bicyclic) bond motifs is 1. The maximum absolute atomic E-state index is 10.2. The minimum atomic E-state index is -1.82. The van der Waals surface area contributed by atoms with Crippen LogP contribution in [0.3, 0.4) is 0 Å². The van der Waals surface area contributed by atoms with Crippen molar-refractivity contribution in [2.75, 3.05) is 53.0 Å². The number of carboxylic acid groups (broad SMARTS) is 4. The molecule has 3 heterocycles. The number of aliphatic carboxylic acids is 4. The van der Waals surface area contributed by atoms with E-state index >= 15 is 0 Å². The average molecular weight is 723 g/mol. The van der Waals surface area contributed by atoms with Gasteiger partial charge in [0, 0.05) is 41.3 Å². The number of aromatic hydroxyl groups is 1. The van der Waals surface area contributed by atoms with Gasteiger partial charge in [-0.25, -0.2) is 19.2 Å². The standard InChI is InChI=1S/C33H38N2O3S.2C2H2O4/c1-37-31-21-25(6-9-27(31)23-35-16-18-38-19-17-35)20-30-29-11-10-28(36)22-32(29)39-33(30)26-7-4-24(5-8-26)12-15-34-13-2-3-14-34;2*3-1(4)2(5)6/h4-11,21-22,36H,2-3,12-20,23H2,1H3;2*(H,3,4)(H,5,6). The highest BCUT2D eigenvalue weighted by Crippen LogP contribution is 2.41. The van der Waals surface area contributed by atoms with Crippen molar-refractivity contribution in [1.29, 1.82) is 0 Å². The molecule has 2 fully saturated rings. The molecule has 14 heteroatoms. The van der Waals surface area contributed by atoms with Crippen LogP contribution in [0.4, 0.5) is 0 Å². The Hall–Kier alpha value is -5.02. The number of nitrogens with zero attached hydrogens (tertiary/aromatic N) is 2. The molecular formula is C37H42N2O11S. The summed E-state index contributed by atoms with van der Waals surface area (Å²) in [5.41, 5.74) is 6.39. The first kappa shape index (κ1) is 38.8. The number of carbonyl (C=O) groups is 4. The number of hydrogen-bond acceptors (Lipinski definition) is 10. The van der Waals surface area contributed by atoms with E-state index in [1.165, 1.54) is 64.0 Å². The Balaban J connectivity index is 0.000000420. The van der Waals surface area contributed by atoms with E-state index in [1.807, 2.05) is 6.07 Å². The molecular weight excluding hydrogens is 680 g/mol. The zero-order valence-corrected chi connectivity index (χ0v) is 29.1. The number of rotatable bonds is 9. The van der Waals surface area contributed by atoms with E-state index in [1.54, 1.807) is 24.5 Å². The van der Waals surface area contributed by atoms with Crippen molar-refractivity contribution in [3.05, 3.63) is 82.9 Å². The highest BCUT2D eigenvalue weighted by Gasteiger charge is 2.18. The van der Waals surface area contributed by atoms with Crippen molar-refractivity contribution in [3.63, 3.8) is 0 Å². The van der Waals surface area contributed by atoms with Crippen LogP contribution in [-0.2, 0) is 43.3 Å². The summed E-state index contributed by atoms with van der Waals surface area (Å²) in [6, 6.07) is 21.6. The molecule has 4 aromatic rings. The van der Waals surface area contributed by atoms with Gasteiger partial charge in [0.2, 0.25) is 0 Å². The normalized spacial score (nSPS) is 14.5. The monoisotopic (exact) mass is 722 g/mol. The summed E-state index contributed by atoms with van der Waals surface area (Å²) in [5.74, 6) is -6.04. The van der Waals surface area contributed by atoms with Gasteiger partial charge in [0.05, 0.1) is 20.3 Å². The van der Waals surface area contributed by atoms with Crippen LogP contribution in [0.2, 0.25) is 0 Å². The number of likely N-dealkylation sites (tertiary alicyclic amines) is 1. The fourth-order valence-electron chi connectivity index (χ4n) is 5.90. The lowest BCUT2D eigenvalue weighted by Crippen LogP contribution is -2.35. The molecule has 2 saturated heterocycles. The molecule has 0 aliphatic carbocycles. The smallest absolute Gasteiger partial charge is 0.414 e. The Morgan fingerprint density at radius 1 is 0.765 bits per heavy atom. The first-order valence-corrected chi connectivity index (χ1v) is 17.2. The van der Waals surface area contributed by atoms with Crippen molar-refractivity contribution >= 4 is 45.3 Å². The Bertz CT molecular complexity index is 1760. The minimum Gasteiger partial charge on any atom is -0.508 e. The van der Waals surface area contributed by atoms with Crippen molar-refractivity contribution in [1.82, 2.24) is 9.80 Å². The summed E-state index contributed by atoms with van der Waals surface area (Å²) in [6.45, 7) is 8.02. The molecule has 5 N–H and O–H groups in total. The molecule has 0 saturated carbocycles. The van der Waals surface area contributed by atoms with Crippen LogP contribution in [0, 0.1) is 0 Å². The molecule has 13 nitrogen and oxygen atoms in total. The van der Waals surface area contributed by atoms with Crippen molar-refractivity contribution in [3.8, 4) is 21.9 Å². The van der Waals surface area contributed by atoms with Gasteiger partial charge in [-0.2, -0.15) is 0 Å². The van der Waals surface area contributed by atoms with Gasteiger partial charge in [0.25, 0.3) is 0 Å². The molecule has 0 spiro atoms. The van der Waals surface area contributed by atoms with E-state index in [9.17, 15) is 5.11 Å². The maximum Gasteiger partial charge on any atom is 0.414 e. The van der Waals surface area contributed by atoms with Crippen molar-refractivity contribution in [2.24, 2.45) is 0 Å². The predicted octanol–water partition coefficient (Wildman–Crippen LogP) is 4.66. The van der Waals surface area contributed by atoms with Crippen LogP contribution < -0.4 is 4.74 Å². The predicted molar refractivity (Wildman–Crippen MR) is 191 cm³/mol. The van der Waals surface area contributed by atoms with Gasteiger partial charge in [-0.05, 0) is 90.7 Å². The molecule has 0 radical (unpaired) electrons.